The molecule has 10 heteroatoms. The Bertz CT molecular complexity index is 1690. The number of anilines is 1. The molecule has 2 aromatic carbocycles. The van der Waals surface area contributed by atoms with Crippen molar-refractivity contribution in [3.63, 3.8) is 0 Å². The van der Waals surface area contributed by atoms with Crippen LogP contribution in [0.15, 0.2) is 84.2 Å². The van der Waals surface area contributed by atoms with Crippen molar-refractivity contribution in [1.82, 2.24) is 15.0 Å². The Morgan fingerprint density at radius 1 is 0.921 bits per heavy atom. The number of fused-ring (bicyclic) bond motifs is 1. The number of H-pyrrole nitrogens is 1. The summed E-state index contributed by atoms with van der Waals surface area (Å²) in [4.78, 5) is 37.1. The highest BCUT2D eigenvalue weighted by molar-refractivity contribution is 6.04. The fourth-order valence-electron chi connectivity index (χ4n) is 3.86. The number of hydrogen-bond acceptors (Lipinski definition) is 7. The third kappa shape index (κ3) is 4.87. The average Bonchev–Trinajstić information content (AvgIpc) is 2.94. The van der Waals surface area contributed by atoms with Crippen LogP contribution in [-0.2, 0) is 0 Å². The number of nitrogens with zero attached hydrogens (tertiary/aromatic N) is 2. The number of carbonyl (C=O) groups excluding carboxylic acids is 1. The third-order valence-electron chi connectivity index (χ3n) is 5.76. The maximum absolute atomic E-state index is 13.3. The van der Waals surface area contributed by atoms with E-state index in [0.717, 1.165) is 0 Å². The van der Waals surface area contributed by atoms with Gasteiger partial charge in [-0.25, -0.2) is 9.37 Å². The number of aromatic nitrogens is 3. The van der Waals surface area contributed by atoms with Gasteiger partial charge in [0.2, 0.25) is 5.43 Å². The van der Waals surface area contributed by atoms with Crippen LogP contribution in [0.2, 0.25) is 0 Å². The van der Waals surface area contributed by atoms with Gasteiger partial charge >= 0.3 is 0 Å². The van der Waals surface area contributed by atoms with Crippen LogP contribution in [-0.4, -0.2) is 35.1 Å². The molecule has 190 valence electrons. The molecule has 0 atom stereocenters. The van der Waals surface area contributed by atoms with Crippen molar-refractivity contribution in [3.8, 4) is 34.1 Å². The van der Waals surface area contributed by atoms with Gasteiger partial charge in [-0.3, -0.25) is 14.6 Å². The van der Waals surface area contributed by atoms with Crippen molar-refractivity contribution in [1.29, 1.82) is 0 Å². The lowest BCUT2D eigenvalue weighted by Crippen LogP contribution is -2.23. The second kappa shape index (κ2) is 10.4. The quantitative estimate of drug-likeness (QED) is 0.309. The standard InChI is InChI=1S/C28H21FN4O5/c1-36-24-11-19-22(12-25(24)37-2)31-10-9-23(19)38-18-7-8-26(32-13-18)33-28(35)21-15-30-14-20(27(21)34)16-3-5-17(29)6-4-16/h3-15H,1-2H3,(H,30,34)(H,32,33,35). The summed E-state index contributed by atoms with van der Waals surface area (Å²) in [5.41, 5.74) is 0.783. The summed E-state index contributed by atoms with van der Waals surface area (Å²) < 4.78 is 30.0. The fourth-order valence-corrected chi connectivity index (χ4v) is 3.86. The average molecular weight is 512 g/mol. The van der Waals surface area contributed by atoms with Crippen molar-refractivity contribution in [2.45, 2.75) is 0 Å². The first-order valence-corrected chi connectivity index (χ1v) is 11.4. The molecule has 0 radical (unpaired) electrons. The molecule has 0 aliphatic carbocycles. The lowest BCUT2D eigenvalue weighted by Gasteiger charge is -2.12. The molecule has 0 unspecified atom stereocenters. The Balaban J connectivity index is 1.34. The number of ether oxygens (including phenoxy) is 3. The monoisotopic (exact) mass is 512 g/mol. The number of nitrogens with one attached hydrogen (secondary N) is 2. The van der Waals surface area contributed by atoms with E-state index < -0.39 is 17.2 Å². The van der Waals surface area contributed by atoms with E-state index in [1.54, 1.807) is 50.7 Å². The molecule has 9 nitrogen and oxygen atoms in total. The highest BCUT2D eigenvalue weighted by atomic mass is 19.1. The predicted octanol–water partition coefficient (Wildman–Crippen LogP) is 5.19. The Morgan fingerprint density at radius 3 is 2.39 bits per heavy atom. The number of carbonyl (C=O) groups is 1. The van der Waals surface area contributed by atoms with E-state index in [-0.39, 0.29) is 16.9 Å². The summed E-state index contributed by atoms with van der Waals surface area (Å²) in [5.74, 6) is 1.19. The second-order valence-corrected chi connectivity index (χ2v) is 8.09. The molecule has 0 spiro atoms. The number of benzene rings is 2. The van der Waals surface area contributed by atoms with Gasteiger partial charge < -0.3 is 24.5 Å². The zero-order chi connectivity index (χ0) is 26.6. The van der Waals surface area contributed by atoms with Gasteiger partial charge in [0.05, 0.1) is 25.9 Å². The van der Waals surface area contributed by atoms with Gasteiger partial charge in [-0.1, -0.05) is 12.1 Å². The van der Waals surface area contributed by atoms with E-state index in [2.05, 4.69) is 20.3 Å². The van der Waals surface area contributed by atoms with Crippen LogP contribution in [0.5, 0.6) is 23.0 Å². The topological polar surface area (TPSA) is 115 Å². The highest BCUT2D eigenvalue weighted by Gasteiger charge is 2.16. The number of amides is 1. The van der Waals surface area contributed by atoms with Crippen LogP contribution in [0, 0.1) is 5.82 Å². The maximum atomic E-state index is 13.3. The van der Waals surface area contributed by atoms with Crippen LogP contribution in [0.25, 0.3) is 22.0 Å². The molecule has 0 aliphatic rings. The smallest absolute Gasteiger partial charge is 0.262 e. The number of methoxy groups -OCH3 is 2. The number of hydrogen-bond donors (Lipinski definition) is 2. The van der Waals surface area contributed by atoms with Crippen LogP contribution in [0.1, 0.15) is 10.4 Å². The Kier molecular flexibility index (Phi) is 6.68. The zero-order valence-electron chi connectivity index (χ0n) is 20.3. The summed E-state index contributed by atoms with van der Waals surface area (Å²) in [6, 6.07) is 13.9. The Labute approximate surface area is 215 Å². The lowest BCUT2D eigenvalue weighted by molar-refractivity contribution is 0.102. The summed E-state index contributed by atoms with van der Waals surface area (Å²) in [7, 11) is 3.10. The van der Waals surface area contributed by atoms with Crippen molar-refractivity contribution < 1.29 is 23.4 Å². The molecule has 5 aromatic rings. The van der Waals surface area contributed by atoms with E-state index in [1.807, 2.05) is 0 Å². The Hall–Kier alpha value is -5.25. The van der Waals surface area contributed by atoms with Gasteiger partial charge in [-0.05, 0) is 42.0 Å². The predicted molar refractivity (Wildman–Crippen MR) is 140 cm³/mol. The molecule has 0 aliphatic heterocycles. The molecule has 0 fully saturated rings. The SMILES string of the molecule is COc1cc2nccc(Oc3ccc(NC(=O)c4c[nH]cc(-c5ccc(F)cc5)c4=O)nc3)c2cc1OC. The van der Waals surface area contributed by atoms with Crippen LogP contribution in [0.4, 0.5) is 10.2 Å². The summed E-state index contributed by atoms with van der Waals surface area (Å²) >= 11 is 0. The van der Waals surface area contributed by atoms with Gasteiger partial charge in [-0.15, -0.1) is 0 Å². The molecular weight excluding hydrogens is 491 g/mol. The van der Waals surface area contributed by atoms with Crippen molar-refractivity contribution in [3.05, 3.63) is 101 Å². The first-order valence-electron chi connectivity index (χ1n) is 11.4. The fraction of sp³-hybridized carbons (Fsp3) is 0.0714. The van der Waals surface area contributed by atoms with E-state index in [9.17, 15) is 14.0 Å². The summed E-state index contributed by atoms with van der Waals surface area (Å²) in [6.07, 6.45) is 5.83. The largest absolute Gasteiger partial charge is 0.493 e. The van der Waals surface area contributed by atoms with Gasteiger partial charge in [0.1, 0.15) is 28.7 Å². The lowest BCUT2D eigenvalue weighted by atomic mass is 10.1. The van der Waals surface area contributed by atoms with Gasteiger partial charge in [0.25, 0.3) is 5.91 Å². The van der Waals surface area contributed by atoms with Gasteiger partial charge in [0.15, 0.2) is 11.5 Å². The first-order chi connectivity index (χ1) is 18.5. The van der Waals surface area contributed by atoms with Crippen molar-refractivity contribution in [2.24, 2.45) is 0 Å². The number of pyridine rings is 3. The molecule has 2 N–H and O–H groups in total. The van der Waals surface area contributed by atoms with Crippen LogP contribution in [0.3, 0.4) is 0 Å². The minimum atomic E-state index is -0.641. The van der Waals surface area contributed by atoms with Crippen molar-refractivity contribution in [2.75, 3.05) is 19.5 Å². The highest BCUT2D eigenvalue weighted by Crippen LogP contribution is 2.36. The van der Waals surface area contributed by atoms with E-state index in [4.69, 9.17) is 14.2 Å². The van der Waals surface area contributed by atoms with Gasteiger partial charge in [-0.2, -0.15) is 0 Å². The van der Waals surface area contributed by atoms with E-state index in [0.29, 0.717) is 39.5 Å². The zero-order valence-corrected chi connectivity index (χ0v) is 20.3. The number of halogens is 1. The molecule has 5 rings (SSSR count). The molecule has 3 heterocycles. The molecule has 38 heavy (non-hydrogen) atoms. The Morgan fingerprint density at radius 2 is 1.68 bits per heavy atom. The summed E-state index contributed by atoms with van der Waals surface area (Å²) in [6.45, 7) is 0. The second-order valence-electron chi connectivity index (χ2n) is 8.09. The molecule has 3 aromatic heterocycles. The van der Waals surface area contributed by atoms with E-state index in [1.165, 1.54) is 42.9 Å². The first kappa shape index (κ1) is 24.4. The molecule has 0 saturated carbocycles. The maximum Gasteiger partial charge on any atom is 0.262 e. The minimum absolute atomic E-state index is 0.110. The van der Waals surface area contributed by atoms with Gasteiger partial charge in [0, 0.05) is 35.6 Å². The molecule has 1 amide bonds. The van der Waals surface area contributed by atoms with Crippen molar-refractivity contribution >= 4 is 22.6 Å². The molecular formula is C28H21FN4O5. The number of aromatic amines is 1. The van der Waals surface area contributed by atoms with E-state index >= 15 is 0 Å². The third-order valence-corrected chi connectivity index (χ3v) is 5.76. The molecule has 0 bridgehead atoms. The normalized spacial score (nSPS) is 10.7. The van der Waals surface area contributed by atoms with Crippen LogP contribution < -0.4 is 25.0 Å². The number of rotatable bonds is 7. The summed E-state index contributed by atoms with van der Waals surface area (Å²) in [5, 5.41) is 3.32. The minimum Gasteiger partial charge on any atom is -0.493 e. The van der Waals surface area contributed by atoms with Crippen LogP contribution >= 0.6 is 0 Å². The molecule has 0 saturated heterocycles.